The lowest BCUT2D eigenvalue weighted by atomic mass is 9.64. The second-order valence-corrected chi connectivity index (χ2v) is 5.56. The standard InChI is InChI=1S/C12H28N4/c1-11(15)7-3-4-8-12(11,16)10(14)6-2-5-9-13/h10H,2-9,13-16H2,1H3. The molecule has 0 aromatic carbocycles. The SMILES string of the molecule is CC1(N)CCCCC1(N)C(N)CCCCN. The fourth-order valence-corrected chi connectivity index (χ4v) is 2.80. The van der Waals surface area contributed by atoms with Crippen molar-refractivity contribution < 1.29 is 0 Å². The first-order valence-corrected chi connectivity index (χ1v) is 6.47. The summed E-state index contributed by atoms with van der Waals surface area (Å²) >= 11 is 0. The first-order valence-electron chi connectivity index (χ1n) is 6.47. The maximum Gasteiger partial charge on any atom is 0.0487 e. The van der Waals surface area contributed by atoms with Gasteiger partial charge in [-0.3, -0.25) is 0 Å². The Morgan fingerprint density at radius 3 is 2.31 bits per heavy atom. The van der Waals surface area contributed by atoms with Gasteiger partial charge in [-0.2, -0.15) is 0 Å². The molecule has 0 aliphatic heterocycles. The van der Waals surface area contributed by atoms with Gasteiger partial charge in [0.05, 0.1) is 0 Å². The molecule has 0 bridgehead atoms. The topological polar surface area (TPSA) is 104 Å². The highest BCUT2D eigenvalue weighted by molar-refractivity contribution is 5.11. The largest absolute Gasteiger partial charge is 0.330 e. The molecule has 0 radical (unpaired) electrons. The molecule has 96 valence electrons. The number of hydrogen-bond acceptors (Lipinski definition) is 4. The highest BCUT2D eigenvalue weighted by atomic mass is 15.0. The number of hydrogen-bond donors (Lipinski definition) is 4. The first kappa shape index (κ1) is 13.9. The maximum atomic E-state index is 6.48. The summed E-state index contributed by atoms with van der Waals surface area (Å²) in [7, 11) is 0. The second-order valence-electron chi connectivity index (χ2n) is 5.56. The molecule has 1 saturated carbocycles. The quantitative estimate of drug-likeness (QED) is 0.512. The van der Waals surface area contributed by atoms with E-state index in [4.69, 9.17) is 22.9 Å². The lowest BCUT2D eigenvalue weighted by molar-refractivity contribution is 0.128. The Morgan fingerprint density at radius 2 is 1.75 bits per heavy atom. The van der Waals surface area contributed by atoms with E-state index in [1.807, 2.05) is 0 Å². The van der Waals surface area contributed by atoms with E-state index in [0.29, 0.717) is 0 Å². The van der Waals surface area contributed by atoms with Crippen LogP contribution in [0.2, 0.25) is 0 Å². The smallest absolute Gasteiger partial charge is 0.0487 e. The number of rotatable bonds is 5. The monoisotopic (exact) mass is 228 g/mol. The lowest BCUT2D eigenvalue weighted by Gasteiger charge is -2.50. The van der Waals surface area contributed by atoms with Crippen LogP contribution in [0.3, 0.4) is 0 Å². The van der Waals surface area contributed by atoms with Crippen molar-refractivity contribution in [2.45, 2.75) is 69.0 Å². The molecule has 16 heavy (non-hydrogen) atoms. The summed E-state index contributed by atoms with van der Waals surface area (Å²) in [6.45, 7) is 2.78. The molecule has 0 saturated heterocycles. The third kappa shape index (κ3) is 2.74. The van der Waals surface area contributed by atoms with Gasteiger partial charge in [0, 0.05) is 17.1 Å². The third-order valence-corrected chi connectivity index (χ3v) is 4.23. The molecule has 1 aliphatic rings. The van der Waals surface area contributed by atoms with Crippen LogP contribution in [0.5, 0.6) is 0 Å². The van der Waals surface area contributed by atoms with Crippen molar-refractivity contribution in [3.63, 3.8) is 0 Å². The molecule has 1 fully saturated rings. The minimum Gasteiger partial charge on any atom is -0.330 e. The van der Waals surface area contributed by atoms with Gasteiger partial charge in [0.1, 0.15) is 0 Å². The maximum absolute atomic E-state index is 6.48. The van der Waals surface area contributed by atoms with E-state index in [0.717, 1.165) is 45.1 Å². The fraction of sp³-hybridized carbons (Fsp3) is 1.00. The van der Waals surface area contributed by atoms with Crippen molar-refractivity contribution >= 4 is 0 Å². The van der Waals surface area contributed by atoms with Crippen molar-refractivity contribution in [2.75, 3.05) is 6.54 Å². The average Bonchev–Trinajstić information content (AvgIpc) is 2.22. The van der Waals surface area contributed by atoms with Gasteiger partial charge >= 0.3 is 0 Å². The Balaban J connectivity index is 2.59. The van der Waals surface area contributed by atoms with Crippen LogP contribution < -0.4 is 22.9 Å². The molecule has 0 heterocycles. The molecular weight excluding hydrogens is 200 g/mol. The fourth-order valence-electron chi connectivity index (χ4n) is 2.80. The zero-order chi connectivity index (χ0) is 12.2. The molecular formula is C12H28N4. The van der Waals surface area contributed by atoms with E-state index in [-0.39, 0.29) is 11.6 Å². The number of nitrogens with two attached hydrogens (primary N) is 4. The van der Waals surface area contributed by atoms with Crippen molar-refractivity contribution in [2.24, 2.45) is 22.9 Å². The highest BCUT2D eigenvalue weighted by Crippen LogP contribution is 2.36. The Kier molecular flexibility index (Phi) is 4.73. The second kappa shape index (κ2) is 5.45. The van der Waals surface area contributed by atoms with Crippen molar-refractivity contribution in [3.05, 3.63) is 0 Å². The molecule has 1 aliphatic carbocycles. The summed E-state index contributed by atoms with van der Waals surface area (Å²) in [6, 6.07) is -0.00523. The van der Waals surface area contributed by atoms with Gasteiger partial charge in [0.2, 0.25) is 0 Å². The van der Waals surface area contributed by atoms with Crippen molar-refractivity contribution in [1.82, 2.24) is 0 Å². The molecule has 8 N–H and O–H groups in total. The zero-order valence-corrected chi connectivity index (χ0v) is 10.5. The van der Waals surface area contributed by atoms with Crippen LogP contribution in [-0.2, 0) is 0 Å². The van der Waals surface area contributed by atoms with E-state index in [9.17, 15) is 0 Å². The summed E-state index contributed by atoms with van der Waals surface area (Å²) in [5, 5.41) is 0. The molecule has 0 spiro atoms. The molecule has 3 unspecified atom stereocenters. The summed E-state index contributed by atoms with van der Waals surface area (Å²) in [4.78, 5) is 0. The molecule has 1 rings (SSSR count). The lowest BCUT2D eigenvalue weighted by Crippen LogP contribution is -2.73. The predicted molar refractivity (Wildman–Crippen MR) is 68.9 cm³/mol. The summed E-state index contributed by atoms with van der Waals surface area (Å²) in [5.74, 6) is 0. The first-order chi connectivity index (χ1) is 7.44. The Morgan fingerprint density at radius 1 is 1.12 bits per heavy atom. The predicted octanol–water partition coefficient (Wildman–Crippen LogP) is 0.432. The van der Waals surface area contributed by atoms with E-state index >= 15 is 0 Å². The van der Waals surface area contributed by atoms with Crippen LogP contribution in [0.15, 0.2) is 0 Å². The Bertz CT molecular complexity index is 217. The van der Waals surface area contributed by atoms with E-state index in [1.54, 1.807) is 0 Å². The highest BCUT2D eigenvalue weighted by Gasteiger charge is 2.47. The van der Waals surface area contributed by atoms with Gasteiger partial charge in [-0.05, 0) is 39.2 Å². The molecule has 0 aromatic rings. The third-order valence-electron chi connectivity index (χ3n) is 4.23. The minimum absolute atomic E-state index is 0.00523. The van der Waals surface area contributed by atoms with Crippen LogP contribution in [0.1, 0.15) is 51.9 Å². The molecule has 0 aromatic heterocycles. The molecule has 4 nitrogen and oxygen atoms in total. The number of unbranched alkanes of at least 4 members (excludes halogenated alkanes) is 1. The summed E-state index contributed by atoms with van der Waals surface area (Å²) in [5.41, 5.74) is 23.8. The Labute approximate surface area is 99.1 Å². The average molecular weight is 228 g/mol. The molecule has 4 heteroatoms. The van der Waals surface area contributed by atoms with Crippen molar-refractivity contribution in [3.8, 4) is 0 Å². The van der Waals surface area contributed by atoms with E-state index < -0.39 is 5.54 Å². The van der Waals surface area contributed by atoms with E-state index in [1.165, 1.54) is 6.42 Å². The minimum atomic E-state index is -0.403. The van der Waals surface area contributed by atoms with Crippen molar-refractivity contribution in [1.29, 1.82) is 0 Å². The van der Waals surface area contributed by atoms with Crippen LogP contribution in [0.25, 0.3) is 0 Å². The van der Waals surface area contributed by atoms with Gasteiger partial charge < -0.3 is 22.9 Å². The van der Waals surface area contributed by atoms with Crippen LogP contribution in [0.4, 0.5) is 0 Å². The van der Waals surface area contributed by atoms with E-state index in [2.05, 4.69) is 6.92 Å². The summed E-state index contributed by atoms with van der Waals surface area (Å²) < 4.78 is 0. The molecule has 3 atom stereocenters. The van der Waals surface area contributed by atoms with Gasteiger partial charge in [0.25, 0.3) is 0 Å². The summed E-state index contributed by atoms with van der Waals surface area (Å²) in [6.07, 6.45) is 7.24. The van der Waals surface area contributed by atoms with Gasteiger partial charge in [0.15, 0.2) is 0 Å². The van der Waals surface area contributed by atoms with Gasteiger partial charge in [-0.15, -0.1) is 0 Å². The molecule has 0 amide bonds. The normalized spacial score (nSPS) is 37.3. The van der Waals surface area contributed by atoms with Gasteiger partial charge in [-0.1, -0.05) is 19.3 Å². The van der Waals surface area contributed by atoms with Crippen LogP contribution >= 0.6 is 0 Å². The van der Waals surface area contributed by atoms with Crippen LogP contribution in [0, 0.1) is 0 Å². The van der Waals surface area contributed by atoms with Crippen LogP contribution in [-0.4, -0.2) is 23.7 Å². The van der Waals surface area contributed by atoms with Gasteiger partial charge in [-0.25, -0.2) is 0 Å². The Hall–Kier alpha value is -0.160. The zero-order valence-electron chi connectivity index (χ0n) is 10.5.